The summed E-state index contributed by atoms with van der Waals surface area (Å²) in [6, 6.07) is 8.70. The molecule has 0 aliphatic heterocycles. The van der Waals surface area contributed by atoms with Crippen molar-refractivity contribution in [3.8, 4) is 17.5 Å². The average Bonchev–Trinajstić information content (AvgIpc) is 2.99. The first-order valence-electron chi connectivity index (χ1n) is 10.1. The molecule has 4 rings (SSSR count). The Hall–Kier alpha value is -2.90. The molecule has 32 heavy (non-hydrogen) atoms. The Labute approximate surface area is 183 Å². The predicted octanol–water partition coefficient (Wildman–Crippen LogP) is 4.84. The number of aryl methyl sites for hydroxylation is 1. The van der Waals surface area contributed by atoms with Gasteiger partial charge in [-0.25, -0.2) is 8.42 Å². The van der Waals surface area contributed by atoms with Gasteiger partial charge in [-0.3, -0.25) is 4.98 Å². The summed E-state index contributed by atoms with van der Waals surface area (Å²) in [4.78, 5) is 3.86. The van der Waals surface area contributed by atoms with Crippen molar-refractivity contribution in [2.24, 2.45) is 0 Å². The second kappa shape index (κ2) is 7.90. The summed E-state index contributed by atoms with van der Waals surface area (Å²) in [7, 11) is -4.41. The largest absolute Gasteiger partial charge is 0.404 e. The van der Waals surface area contributed by atoms with Crippen LogP contribution in [0.3, 0.4) is 0 Å². The van der Waals surface area contributed by atoms with E-state index in [0.29, 0.717) is 17.0 Å². The molecule has 0 amide bonds. The molecule has 0 radical (unpaired) electrons. The zero-order chi connectivity index (χ0) is 23.3. The van der Waals surface area contributed by atoms with Crippen LogP contribution >= 0.6 is 0 Å². The highest BCUT2D eigenvalue weighted by atomic mass is 32.2. The number of hydrogen-bond donors (Lipinski definition) is 1. The molecular weight excluding hydrogens is 441 g/mol. The summed E-state index contributed by atoms with van der Waals surface area (Å²) in [6.07, 6.45) is -0.687. The molecule has 0 spiro atoms. The van der Waals surface area contributed by atoms with Gasteiger partial charge in [0.1, 0.15) is 17.0 Å². The predicted molar refractivity (Wildman–Crippen MR) is 113 cm³/mol. The SMILES string of the molecule is Cc1ccc2c(C#N)c(-c3ccc(S(=O)(=O)N[C@H](C)C(F)(F)F)cn3)n(C3CCC3)c2c1. The maximum Gasteiger partial charge on any atom is 0.404 e. The molecule has 2 heterocycles. The first-order chi connectivity index (χ1) is 15.0. The van der Waals surface area contributed by atoms with E-state index in [1.54, 1.807) is 4.72 Å². The number of benzene rings is 1. The van der Waals surface area contributed by atoms with Gasteiger partial charge in [-0.1, -0.05) is 12.1 Å². The fourth-order valence-corrected chi connectivity index (χ4v) is 5.03. The molecule has 6 nitrogen and oxygen atoms in total. The van der Waals surface area contributed by atoms with Crippen molar-refractivity contribution in [3.05, 3.63) is 47.7 Å². The fourth-order valence-electron chi connectivity index (χ4n) is 3.86. The summed E-state index contributed by atoms with van der Waals surface area (Å²) in [5.41, 5.74) is 3.40. The topological polar surface area (TPSA) is 87.8 Å². The lowest BCUT2D eigenvalue weighted by Crippen LogP contribution is -2.42. The number of hydrogen-bond acceptors (Lipinski definition) is 4. The second-order valence-electron chi connectivity index (χ2n) is 8.07. The maximum atomic E-state index is 12.8. The number of halogens is 3. The molecular formula is C22H21F3N4O2S. The molecule has 10 heteroatoms. The third-order valence-corrected chi connectivity index (χ3v) is 7.35. The average molecular weight is 462 g/mol. The number of nitrogens with zero attached hydrogens (tertiary/aromatic N) is 3. The van der Waals surface area contributed by atoms with Crippen LogP contribution < -0.4 is 4.72 Å². The zero-order valence-corrected chi connectivity index (χ0v) is 18.3. The molecule has 1 atom stereocenters. The number of sulfonamides is 1. The second-order valence-corrected chi connectivity index (χ2v) is 9.79. The standard InChI is InChI=1S/C22H21F3N4O2S/c1-13-6-8-17-18(11-26)21(29(20(17)10-13)15-4-3-5-15)19-9-7-16(12-27-19)32(30,31)28-14(2)22(23,24)25/h6-10,12,14-15,28H,3-5H2,1-2H3/t14-/m1/s1. The number of pyridine rings is 1. The van der Waals surface area contributed by atoms with E-state index in [4.69, 9.17) is 0 Å². The summed E-state index contributed by atoms with van der Waals surface area (Å²) in [6.45, 7) is 2.70. The molecule has 3 aromatic rings. The minimum absolute atomic E-state index is 0.205. The van der Waals surface area contributed by atoms with Crippen molar-refractivity contribution in [3.63, 3.8) is 0 Å². The Morgan fingerprint density at radius 3 is 2.50 bits per heavy atom. The van der Waals surface area contributed by atoms with Crippen LogP contribution in [0.25, 0.3) is 22.3 Å². The van der Waals surface area contributed by atoms with Crippen LogP contribution in [0.1, 0.15) is 43.4 Å². The van der Waals surface area contributed by atoms with Crippen LogP contribution in [0.15, 0.2) is 41.4 Å². The van der Waals surface area contributed by atoms with Gasteiger partial charge < -0.3 is 4.57 Å². The molecule has 0 saturated heterocycles. The lowest BCUT2D eigenvalue weighted by atomic mass is 9.92. The van der Waals surface area contributed by atoms with Gasteiger partial charge in [-0.05, 0) is 56.9 Å². The molecule has 168 valence electrons. The van der Waals surface area contributed by atoms with Gasteiger partial charge in [0.15, 0.2) is 0 Å². The van der Waals surface area contributed by atoms with Crippen molar-refractivity contribution in [2.75, 3.05) is 0 Å². The van der Waals surface area contributed by atoms with Gasteiger partial charge in [0.05, 0.1) is 22.5 Å². The third kappa shape index (κ3) is 3.87. The molecule has 1 aliphatic rings. The minimum atomic E-state index is -4.70. The van der Waals surface area contributed by atoms with E-state index in [0.717, 1.165) is 48.8 Å². The molecule has 1 aliphatic carbocycles. The van der Waals surface area contributed by atoms with Crippen LogP contribution in [-0.2, 0) is 10.0 Å². The number of aromatic nitrogens is 2. The molecule has 0 bridgehead atoms. The molecule has 1 N–H and O–H groups in total. The van der Waals surface area contributed by atoms with Crippen LogP contribution in [-0.4, -0.2) is 30.2 Å². The number of rotatable bonds is 5. The Morgan fingerprint density at radius 2 is 1.97 bits per heavy atom. The first kappa shape index (κ1) is 22.3. The summed E-state index contributed by atoms with van der Waals surface area (Å²) in [5, 5.41) is 10.7. The van der Waals surface area contributed by atoms with Crippen LogP contribution in [0.5, 0.6) is 0 Å². The number of nitriles is 1. The van der Waals surface area contributed by atoms with Gasteiger partial charge in [0, 0.05) is 17.6 Å². The highest BCUT2D eigenvalue weighted by Crippen LogP contribution is 2.42. The van der Waals surface area contributed by atoms with E-state index in [-0.39, 0.29) is 10.9 Å². The molecule has 1 aromatic carbocycles. The lowest BCUT2D eigenvalue weighted by molar-refractivity contribution is -0.147. The van der Waals surface area contributed by atoms with Gasteiger partial charge in [-0.2, -0.15) is 23.2 Å². The number of nitrogens with one attached hydrogen (secondary N) is 1. The first-order valence-corrected chi connectivity index (χ1v) is 11.6. The Balaban J connectivity index is 1.80. The van der Waals surface area contributed by atoms with E-state index in [1.807, 2.05) is 25.1 Å². The Kier molecular flexibility index (Phi) is 5.51. The Morgan fingerprint density at radius 1 is 1.25 bits per heavy atom. The van der Waals surface area contributed by atoms with Crippen molar-refractivity contribution in [2.45, 2.75) is 56.3 Å². The molecule has 1 fully saturated rings. The minimum Gasteiger partial charge on any atom is -0.335 e. The summed E-state index contributed by atoms with van der Waals surface area (Å²) < 4.78 is 66.8. The van der Waals surface area contributed by atoms with E-state index >= 15 is 0 Å². The van der Waals surface area contributed by atoms with Crippen LogP contribution in [0, 0.1) is 18.3 Å². The highest BCUT2D eigenvalue weighted by Gasteiger charge is 2.39. The van der Waals surface area contributed by atoms with Crippen molar-refractivity contribution < 1.29 is 21.6 Å². The van der Waals surface area contributed by atoms with E-state index in [2.05, 4.69) is 15.6 Å². The normalized spacial score (nSPS) is 16.0. The van der Waals surface area contributed by atoms with Gasteiger partial charge in [0.25, 0.3) is 0 Å². The lowest BCUT2D eigenvalue weighted by Gasteiger charge is -2.30. The summed E-state index contributed by atoms with van der Waals surface area (Å²) >= 11 is 0. The van der Waals surface area contributed by atoms with Crippen molar-refractivity contribution in [1.82, 2.24) is 14.3 Å². The molecule has 1 saturated carbocycles. The number of alkyl halides is 3. The monoisotopic (exact) mass is 462 g/mol. The maximum absolute atomic E-state index is 12.8. The summed E-state index contributed by atoms with van der Waals surface area (Å²) in [5.74, 6) is 0. The fraction of sp³-hybridized carbons (Fsp3) is 0.364. The molecule has 2 aromatic heterocycles. The van der Waals surface area contributed by atoms with Crippen molar-refractivity contribution in [1.29, 1.82) is 5.26 Å². The quantitative estimate of drug-likeness (QED) is 0.588. The molecule has 0 unspecified atom stereocenters. The zero-order valence-electron chi connectivity index (χ0n) is 17.4. The van der Waals surface area contributed by atoms with Crippen molar-refractivity contribution >= 4 is 20.9 Å². The van der Waals surface area contributed by atoms with E-state index in [1.165, 1.54) is 12.1 Å². The van der Waals surface area contributed by atoms with Crippen LogP contribution in [0.2, 0.25) is 0 Å². The van der Waals surface area contributed by atoms with Crippen LogP contribution in [0.4, 0.5) is 13.2 Å². The smallest absolute Gasteiger partial charge is 0.335 e. The van der Waals surface area contributed by atoms with Gasteiger partial charge in [-0.15, -0.1) is 0 Å². The van der Waals surface area contributed by atoms with E-state index in [9.17, 15) is 26.9 Å². The van der Waals surface area contributed by atoms with E-state index < -0.39 is 22.2 Å². The highest BCUT2D eigenvalue weighted by molar-refractivity contribution is 7.89. The van der Waals surface area contributed by atoms with Gasteiger partial charge in [0.2, 0.25) is 10.0 Å². The number of fused-ring (bicyclic) bond motifs is 1. The third-order valence-electron chi connectivity index (χ3n) is 5.82. The Bertz CT molecular complexity index is 1320. The van der Waals surface area contributed by atoms with Gasteiger partial charge >= 0.3 is 6.18 Å².